The van der Waals surface area contributed by atoms with Crippen LogP contribution in [0, 0.1) is 0 Å². The number of benzene rings is 1. The Morgan fingerprint density at radius 3 is 2.71 bits per heavy atom. The highest BCUT2D eigenvalue weighted by atomic mass is 16.3. The summed E-state index contributed by atoms with van der Waals surface area (Å²) in [5.74, 6) is 0.908. The molecular formula is C26H29N7O2. The minimum Gasteiger partial charge on any atom is -0.507 e. The van der Waals surface area contributed by atoms with Crippen molar-refractivity contribution in [1.29, 1.82) is 0 Å². The lowest BCUT2D eigenvalue weighted by Crippen LogP contribution is -2.14. The molecule has 1 aliphatic rings. The molecule has 1 fully saturated rings. The number of hydrogen-bond donors (Lipinski definition) is 1. The Hall–Kier alpha value is -4.01. The van der Waals surface area contributed by atoms with Crippen LogP contribution in [0.4, 0.5) is 5.69 Å². The molecule has 4 aromatic rings. The summed E-state index contributed by atoms with van der Waals surface area (Å²) in [5, 5.41) is 19.0. The fourth-order valence-corrected chi connectivity index (χ4v) is 4.18. The Labute approximate surface area is 204 Å². The number of aromatic nitrogens is 6. The average Bonchev–Trinajstić information content (AvgIpc) is 3.34. The van der Waals surface area contributed by atoms with Crippen LogP contribution in [0.25, 0.3) is 17.2 Å². The number of carbonyl (C=O) groups is 1. The highest BCUT2D eigenvalue weighted by molar-refractivity contribution is 6.01. The second-order valence-corrected chi connectivity index (χ2v) is 9.50. The van der Waals surface area contributed by atoms with Crippen molar-refractivity contribution in [3.8, 4) is 23.0 Å². The first-order valence-electron chi connectivity index (χ1n) is 11.8. The predicted molar refractivity (Wildman–Crippen MR) is 133 cm³/mol. The quantitative estimate of drug-likeness (QED) is 0.385. The van der Waals surface area contributed by atoms with Gasteiger partial charge in [-0.3, -0.25) is 4.79 Å². The molecule has 0 atom stereocenters. The third-order valence-corrected chi connectivity index (χ3v) is 6.26. The van der Waals surface area contributed by atoms with Gasteiger partial charge in [0.2, 0.25) is 0 Å². The van der Waals surface area contributed by atoms with Gasteiger partial charge >= 0.3 is 0 Å². The van der Waals surface area contributed by atoms with Crippen LogP contribution < -0.4 is 4.90 Å². The molecule has 0 amide bonds. The summed E-state index contributed by atoms with van der Waals surface area (Å²) in [7, 11) is 3.81. The van der Waals surface area contributed by atoms with Crippen LogP contribution in [0.15, 0.2) is 49.2 Å². The lowest BCUT2D eigenvalue weighted by Gasteiger charge is -2.20. The second kappa shape index (κ2) is 8.98. The van der Waals surface area contributed by atoms with Crippen LogP contribution in [0.5, 0.6) is 5.75 Å². The zero-order valence-corrected chi connectivity index (χ0v) is 20.4. The van der Waals surface area contributed by atoms with Gasteiger partial charge in [-0.25, -0.2) is 9.97 Å². The summed E-state index contributed by atoms with van der Waals surface area (Å²) in [5.41, 5.74) is 4.16. The van der Waals surface area contributed by atoms with Crippen molar-refractivity contribution in [3.05, 3.63) is 66.1 Å². The summed E-state index contributed by atoms with van der Waals surface area (Å²) in [6.07, 6.45) is 7.84. The Morgan fingerprint density at radius 2 is 2.00 bits per heavy atom. The van der Waals surface area contributed by atoms with Crippen LogP contribution in [-0.2, 0) is 6.42 Å². The number of Topliss-reactive ketones (excluding diaryl/α,β-unsaturated/α-hetero) is 1. The zero-order valence-electron chi connectivity index (χ0n) is 20.4. The molecule has 0 spiro atoms. The van der Waals surface area contributed by atoms with Crippen molar-refractivity contribution in [2.24, 2.45) is 0 Å². The third kappa shape index (κ3) is 4.53. The number of aromatic hydroxyl groups is 1. The molecule has 1 aromatic carbocycles. The molecule has 1 saturated carbocycles. The standard InChI is InChI=1S/C26H29N7O2/c1-16(2)33-15-28-30-26(33)20-7-5-6-18(29-20)10-24(34)19-11-23(22(31(3)4)12-25(19)35)32-13-21(27-14-32)17-8-9-17/h5-7,11-17,35H,8-10H2,1-4H3. The predicted octanol–water partition coefficient (Wildman–Crippen LogP) is 4.18. The van der Waals surface area contributed by atoms with Gasteiger partial charge in [0.25, 0.3) is 0 Å². The maximum absolute atomic E-state index is 13.3. The van der Waals surface area contributed by atoms with Crippen molar-refractivity contribution >= 4 is 11.5 Å². The topological polar surface area (TPSA) is 102 Å². The number of pyridine rings is 1. The fraction of sp³-hybridized carbons (Fsp3) is 0.346. The molecule has 35 heavy (non-hydrogen) atoms. The molecule has 1 N–H and O–H groups in total. The van der Waals surface area contributed by atoms with E-state index in [0.717, 1.165) is 29.9 Å². The molecule has 0 saturated heterocycles. The summed E-state index contributed by atoms with van der Waals surface area (Å²) < 4.78 is 3.86. The molecule has 0 unspecified atom stereocenters. The molecule has 0 aliphatic heterocycles. The monoisotopic (exact) mass is 471 g/mol. The van der Waals surface area contributed by atoms with Crippen molar-refractivity contribution in [2.75, 3.05) is 19.0 Å². The summed E-state index contributed by atoms with van der Waals surface area (Å²) in [4.78, 5) is 24.4. The van der Waals surface area contributed by atoms with Gasteiger partial charge in [-0.05, 0) is 44.9 Å². The number of phenols is 1. The molecule has 180 valence electrons. The average molecular weight is 472 g/mol. The number of phenolic OH excluding ortho intramolecular Hbond substituents is 1. The molecule has 9 heteroatoms. The van der Waals surface area contributed by atoms with E-state index in [1.54, 1.807) is 30.9 Å². The Bertz CT molecular complexity index is 1380. The highest BCUT2D eigenvalue weighted by Gasteiger charge is 2.26. The van der Waals surface area contributed by atoms with Crippen LogP contribution in [0.3, 0.4) is 0 Å². The van der Waals surface area contributed by atoms with E-state index in [2.05, 4.69) is 20.2 Å². The van der Waals surface area contributed by atoms with E-state index < -0.39 is 0 Å². The van der Waals surface area contributed by atoms with Gasteiger partial charge in [0.05, 0.1) is 35.4 Å². The second-order valence-electron chi connectivity index (χ2n) is 9.50. The molecule has 1 aliphatic carbocycles. The lowest BCUT2D eigenvalue weighted by atomic mass is 10.0. The molecule has 0 radical (unpaired) electrons. The van der Waals surface area contributed by atoms with E-state index in [0.29, 0.717) is 23.1 Å². The summed E-state index contributed by atoms with van der Waals surface area (Å²) in [6, 6.07) is 9.08. The first-order valence-corrected chi connectivity index (χ1v) is 11.8. The van der Waals surface area contributed by atoms with Gasteiger partial charge in [-0.2, -0.15) is 0 Å². The number of imidazole rings is 1. The van der Waals surface area contributed by atoms with Crippen molar-refractivity contribution < 1.29 is 9.90 Å². The molecular weight excluding hydrogens is 442 g/mol. The van der Waals surface area contributed by atoms with Crippen LogP contribution in [0.2, 0.25) is 0 Å². The van der Waals surface area contributed by atoms with E-state index >= 15 is 0 Å². The van der Waals surface area contributed by atoms with Gasteiger partial charge in [-0.1, -0.05) is 6.07 Å². The van der Waals surface area contributed by atoms with E-state index in [9.17, 15) is 9.90 Å². The number of anilines is 1. The molecule has 3 heterocycles. The van der Waals surface area contributed by atoms with Gasteiger partial charge < -0.3 is 19.1 Å². The van der Waals surface area contributed by atoms with Crippen LogP contribution in [0.1, 0.15) is 60.4 Å². The highest BCUT2D eigenvalue weighted by Crippen LogP contribution is 2.40. The van der Waals surface area contributed by atoms with Gasteiger partial charge in [0.15, 0.2) is 11.6 Å². The van der Waals surface area contributed by atoms with Gasteiger partial charge in [0.1, 0.15) is 17.8 Å². The minimum absolute atomic E-state index is 0.0508. The zero-order chi connectivity index (χ0) is 24.7. The first kappa shape index (κ1) is 22.8. The SMILES string of the molecule is CC(C)n1cnnc1-c1cccc(CC(=O)c2cc(-n3cnc(C4CC4)c3)c(N(C)C)cc2O)n1. The Morgan fingerprint density at radius 1 is 1.20 bits per heavy atom. The van der Waals surface area contributed by atoms with Crippen LogP contribution >= 0.6 is 0 Å². The van der Waals surface area contributed by atoms with E-state index in [1.165, 1.54) is 0 Å². The fourth-order valence-electron chi connectivity index (χ4n) is 4.18. The van der Waals surface area contributed by atoms with Gasteiger partial charge in [-0.15, -0.1) is 10.2 Å². The number of carbonyl (C=O) groups excluding carboxylic acids is 1. The van der Waals surface area contributed by atoms with Crippen molar-refractivity contribution in [2.45, 2.75) is 45.1 Å². The van der Waals surface area contributed by atoms with Crippen molar-refractivity contribution in [3.63, 3.8) is 0 Å². The maximum atomic E-state index is 13.3. The summed E-state index contributed by atoms with van der Waals surface area (Å²) in [6.45, 7) is 4.09. The van der Waals surface area contributed by atoms with E-state index in [4.69, 9.17) is 0 Å². The normalized spacial score (nSPS) is 13.4. The minimum atomic E-state index is -0.216. The number of rotatable bonds is 8. The van der Waals surface area contributed by atoms with Crippen molar-refractivity contribution in [1.82, 2.24) is 29.3 Å². The lowest BCUT2D eigenvalue weighted by molar-refractivity contribution is 0.0989. The Balaban J connectivity index is 1.46. The molecule has 0 bridgehead atoms. The first-order chi connectivity index (χ1) is 16.8. The number of hydrogen-bond acceptors (Lipinski definition) is 7. The van der Waals surface area contributed by atoms with E-state index in [-0.39, 0.29) is 29.6 Å². The number of ketones is 1. The van der Waals surface area contributed by atoms with Crippen LogP contribution in [-0.4, -0.2) is 54.3 Å². The molecule has 5 rings (SSSR count). The number of nitrogens with zero attached hydrogens (tertiary/aromatic N) is 7. The maximum Gasteiger partial charge on any atom is 0.182 e. The summed E-state index contributed by atoms with van der Waals surface area (Å²) >= 11 is 0. The van der Waals surface area contributed by atoms with Gasteiger partial charge in [0, 0.05) is 44.0 Å². The largest absolute Gasteiger partial charge is 0.507 e. The Kier molecular flexibility index (Phi) is 5.84. The smallest absolute Gasteiger partial charge is 0.182 e. The molecule has 9 nitrogen and oxygen atoms in total. The van der Waals surface area contributed by atoms with E-state index in [1.807, 2.05) is 60.3 Å². The third-order valence-electron chi connectivity index (χ3n) is 6.26. The molecule has 3 aromatic heterocycles.